The van der Waals surface area contributed by atoms with Gasteiger partial charge in [-0.15, -0.1) is 5.10 Å². The largest absolute Gasteiger partial charge is 0.416 e. The van der Waals surface area contributed by atoms with Crippen molar-refractivity contribution >= 4 is 5.69 Å². The van der Waals surface area contributed by atoms with Crippen LogP contribution in [0.2, 0.25) is 0 Å². The zero-order valence-corrected chi connectivity index (χ0v) is 15.4. The number of anilines is 1. The van der Waals surface area contributed by atoms with Gasteiger partial charge in [-0.2, -0.15) is 28.7 Å². The summed E-state index contributed by atoms with van der Waals surface area (Å²) in [6.45, 7) is 2.78. The first-order chi connectivity index (χ1) is 13.3. The molecule has 0 aliphatic rings. The van der Waals surface area contributed by atoms with E-state index < -0.39 is 11.7 Å². The molecule has 0 radical (unpaired) electrons. The predicted molar refractivity (Wildman–Crippen MR) is 101 cm³/mol. The van der Waals surface area contributed by atoms with Crippen LogP contribution in [0.25, 0.3) is 22.4 Å². The Morgan fingerprint density at radius 3 is 2.57 bits per heavy atom. The maximum absolute atomic E-state index is 13.2. The van der Waals surface area contributed by atoms with E-state index in [0.717, 1.165) is 30.8 Å². The molecule has 0 bridgehead atoms. The first-order valence-corrected chi connectivity index (χ1v) is 8.69. The molecule has 5 nitrogen and oxygen atoms in total. The minimum atomic E-state index is -4.43. The number of alkyl halides is 3. The van der Waals surface area contributed by atoms with E-state index in [1.807, 2.05) is 31.0 Å². The van der Waals surface area contributed by atoms with Crippen molar-refractivity contribution in [1.82, 2.24) is 15.4 Å². The van der Waals surface area contributed by atoms with Gasteiger partial charge in [0, 0.05) is 30.4 Å². The van der Waals surface area contributed by atoms with Crippen molar-refractivity contribution in [3.05, 3.63) is 53.7 Å². The highest BCUT2D eigenvalue weighted by molar-refractivity contribution is 5.84. The van der Waals surface area contributed by atoms with Gasteiger partial charge in [0.15, 0.2) is 5.69 Å². The summed E-state index contributed by atoms with van der Waals surface area (Å²) in [5.74, 6) is 0. The Hall–Kier alpha value is -3.34. The number of hydrogen-bond donors (Lipinski definition) is 1. The van der Waals surface area contributed by atoms with Gasteiger partial charge in [0.1, 0.15) is 11.8 Å². The number of H-pyrrole nitrogens is 1. The average molecular weight is 385 g/mol. The lowest BCUT2D eigenvalue weighted by Gasteiger charge is -2.23. The Bertz CT molecular complexity index is 1020. The minimum absolute atomic E-state index is 0.129. The van der Waals surface area contributed by atoms with Crippen LogP contribution in [0.5, 0.6) is 0 Å². The number of hydrogen-bond acceptors (Lipinski definition) is 4. The fraction of sp³-hybridized carbons (Fsp3) is 0.250. The van der Waals surface area contributed by atoms with Gasteiger partial charge in [-0.25, -0.2) is 0 Å². The van der Waals surface area contributed by atoms with Crippen LogP contribution in [0.3, 0.4) is 0 Å². The Kier molecular flexibility index (Phi) is 5.36. The van der Waals surface area contributed by atoms with E-state index in [1.165, 1.54) is 6.07 Å². The Morgan fingerprint density at radius 2 is 1.89 bits per heavy atom. The number of nitrogens with zero attached hydrogens (tertiary/aromatic N) is 4. The smallest absolute Gasteiger partial charge is 0.374 e. The van der Waals surface area contributed by atoms with E-state index in [9.17, 15) is 18.4 Å². The summed E-state index contributed by atoms with van der Waals surface area (Å²) in [5, 5.41) is 19.4. The third kappa shape index (κ3) is 3.83. The Morgan fingerprint density at radius 1 is 1.11 bits per heavy atom. The van der Waals surface area contributed by atoms with Gasteiger partial charge in [-0.3, -0.25) is 0 Å². The molecule has 0 unspecified atom stereocenters. The lowest BCUT2D eigenvalue weighted by atomic mass is 9.97. The number of halogens is 3. The highest BCUT2D eigenvalue weighted by Crippen LogP contribution is 2.37. The lowest BCUT2D eigenvalue weighted by Crippen LogP contribution is -2.18. The van der Waals surface area contributed by atoms with Gasteiger partial charge in [0.05, 0.1) is 5.56 Å². The highest BCUT2D eigenvalue weighted by atomic mass is 19.4. The van der Waals surface area contributed by atoms with Gasteiger partial charge < -0.3 is 4.90 Å². The number of aromatic amines is 1. The molecular formula is C20H18F3N5. The van der Waals surface area contributed by atoms with Gasteiger partial charge in [-0.1, -0.05) is 25.1 Å². The second kappa shape index (κ2) is 7.72. The number of nitriles is 1. The second-order valence-electron chi connectivity index (χ2n) is 6.36. The van der Waals surface area contributed by atoms with Crippen LogP contribution in [-0.2, 0) is 6.18 Å². The van der Waals surface area contributed by atoms with E-state index in [2.05, 4.69) is 15.4 Å². The minimum Gasteiger partial charge on any atom is -0.374 e. The summed E-state index contributed by atoms with van der Waals surface area (Å²) >= 11 is 0. The third-order valence-corrected chi connectivity index (χ3v) is 4.39. The molecule has 144 valence electrons. The van der Waals surface area contributed by atoms with Crippen LogP contribution < -0.4 is 4.90 Å². The van der Waals surface area contributed by atoms with Crippen LogP contribution in [0.1, 0.15) is 24.6 Å². The third-order valence-electron chi connectivity index (χ3n) is 4.39. The molecule has 0 fully saturated rings. The molecule has 1 heterocycles. The molecule has 1 aromatic heterocycles. The Labute approximate surface area is 160 Å². The molecule has 3 aromatic rings. The Balaban J connectivity index is 2.19. The average Bonchev–Trinajstić information content (AvgIpc) is 3.16. The van der Waals surface area contributed by atoms with Gasteiger partial charge in [0.25, 0.3) is 0 Å². The van der Waals surface area contributed by atoms with E-state index in [1.54, 1.807) is 18.2 Å². The molecule has 0 aliphatic carbocycles. The summed E-state index contributed by atoms with van der Waals surface area (Å²) in [6.07, 6.45) is -3.54. The molecule has 8 heteroatoms. The van der Waals surface area contributed by atoms with Crippen LogP contribution in [0.4, 0.5) is 18.9 Å². The fourth-order valence-corrected chi connectivity index (χ4v) is 3.08. The molecule has 0 atom stereocenters. The summed E-state index contributed by atoms with van der Waals surface area (Å²) in [7, 11) is 1.90. The monoisotopic (exact) mass is 385 g/mol. The number of aromatic nitrogens is 3. The summed E-state index contributed by atoms with van der Waals surface area (Å²) in [4.78, 5) is 1.99. The quantitative estimate of drug-likeness (QED) is 0.680. The zero-order valence-electron chi connectivity index (χ0n) is 15.4. The lowest BCUT2D eigenvalue weighted by molar-refractivity contribution is -0.137. The van der Waals surface area contributed by atoms with Crippen LogP contribution in [0, 0.1) is 11.3 Å². The second-order valence-corrected chi connectivity index (χ2v) is 6.36. The molecule has 2 aromatic carbocycles. The molecule has 0 amide bonds. The number of rotatable bonds is 5. The van der Waals surface area contributed by atoms with Crippen molar-refractivity contribution in [3.63, 3.8) is 0 Å². The molecule has 3 rings (SSSR count). The molecule has 28 heavy (non-hydrogen) atoms. The molecule has 1 N–H and O–H groups in total. The molecule has 0 saturated carbocycles. The summed E-state index contributed by atoms with van der Waals surface area (Å²) < 4.78 is 39.6. The van der Waals surface area contributed by atoms with E-state index in [-0.39, 0.29) is 5.69 Å². The van der Waals surface area contributed by atoms with Crippen LogP contribution in [-0.4, -0.2) is 29.0 Å². The maximum atomic E-state index is 13.2. The van der Waals surface area contributed by atoms with Crippen LogP contribution in [0.15, 0.2) is 42.5 Å². The van der Waals surface area contributed by atoms with Gasteiger partial charge >= 0.3 is 6.18 Å². The van der Waals surface area contributed by atoms with Crippen molar-refractivity contribution in [2.45, 2.75) is 19.5 Å². The fourth-order valence-electron chi connectivity index (χ4n) is 3.08. The molecule has 0 saturated heterocycles. The zero-order chi connectivity index (χ0) is 20.3. The predicted octanol–water partition coefficient (Wildman–Crippen LogP) is 4.88. The summed E-state index contributed by atoms with van der Waals surface area (Å²) in [5.41, 5.74) is 2.25. The van der Waals surface area contributed by atoms with E-state index >= 15 is 0 Å². The molecule has 0 spiro atoms. The van der Waals surface area contributed by atoms with Gasteiger partial charge in [-0.05, 0) is 36.2 Å². The SMILES string of the molecule is CCCN(C)c1ccc(-c2n[nH]nc2C#N)cc1-c1cccc(C(F)(F)F)c1. The van der Waals surface area contributed by atoms with Crippen molar-refractivity contribution in [2.75, 3.05) is 18.5 Å². The number of nitrogens with one attached hydrogen (secondary N) is 1. The van der Waals surface area contributed by atoms with Crippen molar-refractivity contribution in [2.24, 2.45) is 0 Å². The molecular weight excluding hydrogens is 367 g/mol. The van der Waals surface area contributed by atoms with Gasteiger partial charge in [0.2, 0.25) is 0 Å². The van der Waals surface area contributed by atoms with Crippen molar-refractivity contribution < 1.29 is 13.2 Å². The maximum Gasteiger partial charge on any atom is 0.416 e. The van der Waals surface area contributed by atoms with E-state index in [4.69, 9.17) is 0 Å². The number of benzene rings is 2. The summed E-state index contributed by atoms with van der Waals surface area (Å²) in [6, 6.07) is 12.5. The van der Waals surface area contributed by atoms with Crippen molar-refractivity contribution in [3.8, 4) is 28.5 Å². The van der Waals surface area contributed by atoms with Crippen LogP contribution >= 0.6 is 0 Å². The van der Waals surface area contributed by atoms with Crippen molar-refractivity contribution in [1.29, 1.82) is 5.26 Å². The first kappa shape index (κ1) is 19.4. The topological polar surface area (TPSA) is 68.6 Å². The standard InChI is InChI=1S/C20H18F3N5/c1-3-9-28(2)18-8-7-14(19-17(12-24)25-27-26-19)11-16(18)13-5-4-6-15(10-13)20(21,22)23/h4-8,10-11H,3,9H2,1-2H3,(H,25,26,27). The first-order valence-electron chi connectivity index (χ1n) is 8.69. The normalized spacial score (nSPS) is 11.3. The van der Waals surface area contributed by atoms with E-state index in [0.29, 0.717) is 22.4 Å². The highest BCUT2D eigenvalue weighted by Gasteiger charge is 2.30. The molecule has 0 aliphatic heterocycles.